The van der Waals surface area contributed by atoms with Crippen molar-refractivity contribution in [2.75, 3.05) is 6.61 Å². The van der Waals surface area contributed by atoms with Crippen LogP contribution in [-0.4, -0.2) is 68.7 Å². The molecule has 8 nitrogen and oxygen atoms in total. The van der Waals surface area contributed by atoms with E-state index in [-0.39, 0.29) is 0 Å². The number of benzene rings is 1. The highest BCUT2D eigenvalue weighted by molar-refractivity contribution is 5.94. The Hall–Kier alpha value is -1.84. The summed E-state index contributed by atoms with van der Waals surface area (Å²) < 4.78 is 0. The predicted octanol–water partition coefficient (Wildman–Crippen LogP) is -2.16. The van der Waals surface area contributed by atoms with Crippen molar-refractivity contribution in [3.63, 3.8) is 0 Å². The van der Waals surface area contributed by atoms with Gasteiger partial charge in [-0.1, -0.05) is 18.2 Å². The molecule has 0 saturated carbocycles. The molecule has 116 valence electrons. The third-order valence-corrected chi connectivity index (χ3v) is 2.71. The normalized spacial score (nSPS) is 17.2. The fraction of sp³-hybridized carbons (Fsp3) is 0.385. The largest absolute Gasteiger partial charge is 0.394 e. The van der Waals surface area contributed by atoms with Gasteiger partial charge in [0.2, 0.25) is 0 Å². The molecule has 1 amide bonds. The zero-order chi connectivity index (χ0) is 15.8. The molecule has 0 aliphatic rings. The summed E-state index contributed by atoms with van der Waals surface area (Å²) in [6.07, 6.45) is -5.93. The number of rotatable bonds is 7. The number of aliphatic hydroxyl groups is 5. The molecule has 1 aromatic carbocycles. The average molecular weight is 298 g/mol. The van der Waals surface area contributed by atoms with Gasteiger partial charge >= 0.3 is 0 Å². The Morgan fingerprint density at radius 1 is 1.14 bits per heavy atom. The summed E-state index contributed by atoms with van der Waals surface area (Å²) in [6.45, 7) is -0.771. The van der Waals surface area contributed by atoms with E-state index in [1.54, 1.807) is 30.3 Å². The van der Waals surface area contributed by atoms with E-state index in [1.165, 1.54) is 0 Å². The van der Waals surface area contributed by atoms with Gasteiger partial charge in [-0.15, -0.1) is 0 Å². The summed E-state index contributed by atoms with van der Waals surface area (Å²) in [6, 6.07) is 8.22. The third-order valence-electron chi connectivity index (χ3n) is 2.71. The average Bonchev–Trinajstić information content (AvgIpc) is 2.53. The summed E-state index contributed by atoms with van der Waals surface area (Å²) in [7, 11) is 0. The minimum Gasteiger partial charge on any atom is -0.394 e. The van der Waals surface area contributed by atoms with Crippen LogP contribution in [0.3, 0.4) is 0 Å². The highest BCUT2D eigenvalue weighted by Gasteiger charge is 2.29. The number of carbonyl (C=O) groups is 1. The topological polar surface area (TPSA) is 143 Å². The van der Waals surface area contributed by atoms with Crippen LogP contribution in [0, 0.1) is 0 Å². The SMILES string of the molecule is O=C(N/N=C\[C@@H](O)[C@H](O)[C@H](O)[C@H](O)CO)c1ccccc1. The summed E-state index contributed by atoms with van der Waals surface area (Å²) in [5.41, 5.74) is 2.49. The maximum absolute atomic E-state index is 11.6. The Balaban J connectivity index is 2.51. The van der Waals surface area contributed by atoms with Crippen LogP contribution in [0.25, 0.3) is 0 Å². The zero-order valence-corrected chi connectivity index (χ0v) is 11.1. The fourth-order valence-corrected chi connectivity index (χ4v) is 1.45. The lowest BCUT2D eigenvalue weighted by molar-refractivity contribution is -0.0999. The molecule has 8 heteroatoms. The van der Waals surface area contributed by atoms with Crippen LogP contribution in [-0.2, 0) is 0 Å². The van der Waals surface area contributed by atoms with Gasteiger partial charge in [0.15, 0.2) is 0 Å². The number of hydrogen-bond acceptors (Lipinski definition) is 7. The molecule has 0 unspecified atom stereocenters. The molecule has 0 aliphatic carbocycles. The van der Waals surface area contributed by atoms with E-state index in [0.717, 1.165) is 6.21 Å². The maximum Gasteiger partial charge on any atom is 0.271 e. The molecular formula is C13H18N2O6. The number of nitrogens with one attached hydrogen (secondary N) is 1. The van der Waals surface area contributed by atoms with Crippen LogP contribution in [0.1, 0.15) is 10.4 Å². The number of carbonyl (C=O) groups excluding carboxylic acids is 1. The smallest absolute Gasteiger partial charge is 0.271 e. The minimum atomic E-state index is -1.76. The fourth-order valence-electron chi connectivity index (χ4n) is 1.45. The van der Waals surface area contributed by atoms with Gasteiger partial charge in [0.25, 0.3) is 5.91 Å². The van der Waals surface area contributed by atoms with Crippen LogP contribution in [0.4, 0.5) is 0 Å². The molecule has 6 N–H and O–H groups in total. The van der Waals surface area contributed by atoms with E-state index in [9.17, 15) is 20.1 Å². The van der Waals surface area contributed by atoms with Gasteiger partial charge in [-0.3, -0.25) is 4.79 Å². The van der Waals surface area contributed by atoms with Crippen molar-refractivity contribution in [2.45, 2.75) is 24.4 Å². The number of hydrogen-bond donors (Lipinski definition) is 6. The first kappa shape index (κ1) is 17.2. The molecule has 4 atom stereocenters. The molecule has 0 aromatic heterocycles. The zero-order valence-electron chi connectivity index (χ0n) is 11.1. The first-order chi connectivity index (χ1) is 9.97. The van der Waals surface area contributed by atoms with Crippen molar-refractivity contribution in [3.05, 3.63) is 35.9 Å². The Morgan fingerprint density at radius 2 is 1.76 bits per heavy atom. The summed E-state index contributed by atoms with van der Waals surface area (Å²) >= 11 is 0. The van der Waals surface area contributed by atoms with Crippen LogP contribution in [0.5, 0.6) is 0 Å². The van der Waals surface area contributed by atoms with E-state index in [4.69, 9.17) is 10.2 Å². The van der Waals surface area contributed by atoms with Crippen molar-refractivity contribution >= 4 is 12.1 Å². The monoisotopic (exact) mass is 298 g/mol. The molecular weight excluding hydrogens is 280 g/mol. The molecule has 0 saturated heterocycles. The maximum atomic E-state index is 11.6. The van der Waals surface area contributed by atoms with Crippen LogP contribution in [0.2, 0.25) is 0 Å². The molecule has 0 fully saturated rings. The van der Waals surface area contributed by atoms with Gasteiger partial charge in [0.05, 0.1) is 12.8 Å². The lowest BCUT2D eigenvalue weighted by Gasteiger charge is -2.23. The Labute approximate surface area is 121 Å². The van der Waals surface area contributed by atoms with Gasteiger partial charge in [-0.25, -0.2) is 5.43 Å². The van der Waals surface area contributed by atoms with E-state index in [1.807, 2.05) is 0 Å². The molecule has 0 bridgehead atoms. The summed E-state index contributed by atoms with van der Waals surface area (Å²) in [5.74, 6) is -0.510. The Kier molecular flexibility index (Phi) is 6.92. The lowest BCUT2D eigenvalue weighted by Crippen LogP contribution is -2.46. The third kappa shape index (κ3) is 5.21. The number of aliphatic hydroxyl groups excluding tert-OH is 5. The first-order valence-corrected chi connectivity index (χ1v) is 6.19. The van der Waals surface area contributed by atoms with Crippen LogP contribution in [0.15, 0.2) is 35.4 Å². The highest BCUT2D eigenvalue weighted by Crippen LogP contribution is 2.03. The van der Waals surface area contributed by atoms with E-state index < -0.39 is 36.9 Å². The molecule has 1 aromatic rings. The molecule has 1 rings (SSSR count). The van der Waals surface area contributed by atoms with Gasteiger partial charge in [-0.05, 0) is 12.1 Å². The Bertz CT molecular complexity index is 467. The van der Waals surface area contributed by atoms with Crippen LogP contribution < -0.4 is 5.43 Å². The molecule has 0 spiro atoms. The van der Waals surface area contributed by atoms with Gasteiger partial charge in [-0.2, -0.15) is 5.10 Å². The second kappa shape index (κ2) is 8.45. The van der Waals surface area contributed by atoms with E-state index >= 15 is 0 Å². The standard InChI is InChI=1S/C13H18N2O6/c16-7-10(18)12(20)11(19)9(17)6-14-15-13(21)8-4-2-1-3-5-8/h1-6,9-12,16-20H,7H2,(H,15,21)/b14-6-/t9-,10-,11+,12-/m1/s1. The van der Waals surface area contributed by atoms with Crippen molar-refractivity contribution in [1.82, 2.24) is 5.43 Å². The van der Waals surface area contributed by atoms with Gasteiger partial charge < -0.3 is 25.5 Å². The van der Waals surface area contributed by atoms with Crippen molar-refractivity contribution in [1.29, 1.82) is 0 Å². The molecule has 21 heavy (non-hydrogen) atoms. The van der Waals surface area contributed by atoms with Crippen molar-refractivity contribution < 1.29 is 30.3 Å². The van der Waals surface area contributed by atoms with E-state index in [2.05, 4.69) is 10.5 Å². The van der Waals surface area contributed by atoms with Gasteiger partial charge in [0, 0.05) is 5.56 Å². The predicted molar refractivity (Wildman–Crippen MR) is 73.5 cm³/mol. The summed E-state index contributed by atoms with van der Waals surface area (Å²) in [5, 5.41) is 49.6. The number of nitrogens with zero attached hydrogens (tertiary/aromatic N) is 1. The molecule has 0 radical (unpaired) electrons. The highest BCUT2D eigenvalue weighted by atomic mass is 16.4. The second-order valence-corrected chi connectivity index (χ2v) is 4.31. The molecule has 0 heterocycles. The second-order valence-electron chi connectivity index (χ2n) is 4.31. The first-order valence-electron chi connectivity index (χ1n) is 6.19. The quantitative estimate of drug-likeness (QED) is 0.250. The minimum absolute atomic E-state index is 0.362. The van der Waals surface area contributed by atoms with Crippen molar-refractivity contribution in [2.24, 2.45) is 5.10 Å². The lowest BCUT2D eigenvalue weighted by atomic mass is 10.0. The molecule has 0 aliphatic heterocycles. The number of hydrazone groups is 1. The summed E-state index contributed by atoms with van der Waals surface area (Å²) in [4.78, 5) is 11.6. The Morgan fingerprint density at radius 3 is 2.33 bits per heavy atom. The van der Waals surface area contributed by atoms with E-state index in [0.29, 0.717) is 5.56 Å². The van der Waals surface area contributed by atoms with Gasteiger partial charge in [0.1, 0.15) is 24.4 Å². The van der Waals surface area contributed by atoms with Crippen molar-refractivity contribution in [3.8, 4) is 0 Å². The number of amides is 1. The van der Waals surface area contributed by atoms with Crippen LogP contribution >= 0.6 is 0 Å².